The van der Waals surface area contributed by atoms with E-state index in [9.17, 15) is 4.79 Å². The van der Waals surface area contributed by atoms with E-state index in [1.807, 2.05) is 19.0 Å². The fourth-order valence-corrected chi connectivity index (χ4v) is 5.48. The summed E-state index contributed by atoms with van der Waals surface area (Å²) >= 11 is 1.79. The topological polar surface area (TPSA) is 102 Å². The van der Waals surface area contributed by atoms with Crippen molar-refractivity contribution in [1.82, 2.24) is 37.2 Å². The van der Waals surface area contributed by atoms with Gasteiger partial charge in [0.1, 0.15) is 17.8 Å². The van der Waals surface area contributed by atoms with Crippen molar-refractivity contribution in [1.29, 1.82) is 0 Å². The third kappa shape index (κ3) is 3.81. The van der Waals surface area contributed by atoms with E-state index < -0.39 is 0 Å². The van der Waals surface area contributed by atoms with Gasteiger partial charge >= 0.3 is 0 Å². The first kappa shape index (κ1) is 17.9. The molecule has 0 spiro atoms. The van der Waals surface area contributed by atoms with Crippen molar-refractivity contribution >= 4 is 17.7 Å². The first-order valence-corrected chi connectivity index (χ1v) is 10.1. The van der Waals surface area contributed by atoms with Crippen molar-refractivity contribution in [2.24, 2.45) is 5.92 Å². The number of rotatable bonds is 4. The molecule has 9 nitrogen and oxygen atoms in total. The molecule has 4 fully saturated rings. The van der Waals surface area contributed by atoms with E-state index in [2.05, 4.69) is 32.3 Å². The second kappa shape index (κ2) is 7.65. The molecule has 4 rings (SSSR count). The summed E-state index contributed by atoms with van der Waals surface area (Å²) in [7, 11) is 3.91. The number of hydrogen-bond acceptors (Lipinski definition) is 9. The number of nitrogens with zero attached hydrogens (tertiary/aromatic N) is 1. The maximum Gasteiger partial charge on any atom is 0.248 e. The largest absolute Gasteiger partial charge is 0.337 e. The number of fused-ring (bicyclic) bond motifs is 1. The zero-order valence-corrected chi connectivity index (χ0v) is 15.6. The normalized spacial score (nSPS) is 44.2. The van der Waals surface area contributed by atoms with E-state index in [1.54, 1.807) is 11.8 Å². The Hall–Kier alpha value is -0.460. The number of hydrazine groups is 2. The van der Waals surface area contributed by atoms with Crippen molar-refractivity contribution in [2.45, 2.75) is 61.1 Å². The van der Waals surface area contributed by atoms with Crippen LogP contribution in [-0.2, 0) is 9.53 Å². The summed E-state index contributed by atoms with van der Waals surface area (Å²) in [6, 6.07) is 0.491. The van der Waals surface area contributed by atoms with Crippen molar-refractivity contribution < 1.29 is 9.53 Å². The molecule has 3 heterocycles. The van der Waals surface area contributed by atoms with Gasteiger partial charge in [0.2, 0.25) is 5.91 Å². The minimum atomic E-state index is -0.174. The van der Waals surface area contributed by atoms with Crippen LogP contribution < -0.4 is 32.3 Å². The molecule has 0 radical (unpaired) electrons. The summed E-state index contributed by atoms with van der Waals surface area (Å²) < 4.78 is 5.97. The highest BCUT2D eigenvalue weighted by molar-refractivity contribution is 8.01. The number of carbonyl (C=O) groups excluding carboxylic acids is 1. The van der Waals surface area contributed by atoms with Crippen LogP contribution >= 0.6 is 11.8 Å². The molecular formula is C15H29N7O2S. The van der Waals surface area contributed by atoms with Gasteiger partial charge in [0.25, 0.3) is 0 Å². The summed E-state index contributed by atoms with van der Waals surface area (Å²) in [4.78, 5) is 14.7. The molecule has 25 heavy (non-hydrogen) atoms. The number of carbonyl (C=O) groups is 1. The molecule has 0 aromatic carbocycles. The fourth-order valence-electron chi connectivity index (χ4n) is 3.98. The van der Waals surface area contributed by atoms with Gasteiger partial charge in [-0.25, -0.2) is 16.3 Å². The van der Waals surface area contributed by atoms with E-state index in [0.717, 1.165) is 6.54 Å². The van der Waals surface area contributed by atoms with Crippen molar-refractivity contribution in [3.63, 3.8) is 0 Å². The third-order valence-corrected chi connectivity index (χ3v) is 6.96. The zero-order chi connectivity index (χ0) is 17.4. The Morgan fingerprint density at radius 2 is 2.04 bits per heavy atom. The van der Waals surface area contributed by atoms with Crippen LogP contribution in [0.15, 0.2) is 0 Å². The molecule has 3 saturated heterocycles. The minimum absolute atomic E-state index is 0.0562. The molecule has 7 atom stereocenters. The van der Waals surface area contributed by atoms with Gasteiger partial charge in [-0.1, -0.05) is 12.8 Å². The van der Waals surface area contributed by atoms with Crippen molar-refractivity contribution in [3.05, 3.63) is 0 Å². The predicted octanol–water partition coefficient (Wildman–Crippen LogP) is -1.58. The number of nitrogens with one attached hydrogen (secondary N) is 6. The molecular weight excluding hydrogens is 342 g/mol. The molecule has 4 aliphatic rings. The highest BCUT2D eigenvalue weighted by Crippen LogP contribution is 2.36. The lowest BCUT2D eigenvalue weighted by molar-refractivity contribution is -0.123. The quantitative estimate of drug-likeness (QED) is 0.350. The Bertz CT molecular complexity index is 483. The van der Waals surface area contributed by atoms with E-state index in [-0.39, 0.29) is 35.9 Å². The molecule has 142 valence electrons. The van der Waals surface area contributed by atoms with Crippen molar-refractivity contribution in [2.75, 3.05) is 20.6 Å². The lowest BCUT2D eigenvalue weighted by Crippen LogP contribution is -2.55. The Morgan fingerprint density at radius 1 is 1.20 bits per heavy atom. The number of ether oxygens (including phenoxy) is 1. The molecule has 3 aliphatic heterocycles. The van der Waals surface area contributed by atoms with Gasteiger partial charge in [-0.2, -0.15) is 0 Å². The molecule has 1 aliphatic carbocycles. The van der Waals surface area contributed by atoms with E-state index >= 15 is 0 Å². The van der Waals surface area contributed by atoms with Gasteiger partial charge in [-0.3, -0.25) is 20.4 Å². The summed E-state index contributed by atoms with van der Waals surface area (Å²) in [5, 5.41) is 7.09. The SMILES string of the molecule is CN(C)C1NNC(C2CNNC2NC(=O)C2NC3CCCCC3S2)O1. The van der Waals surface area contributed by atoms with E-state index in [4.69, 9.17) is 4.74 Å². The van der Waals surface area contributed by atoms with E-state index in [1.165, 1.54) is 25.7 Å². The summed E-state index contributed by atoms with van der Waals surface area (Å²) in [5.41, 5.74) is 12.6. The molecule has 1 saturated carbocycles. The summed E-state index contributed by atoms with van der Waals surface area (Å²) in [5.74, 6) is 0.149. The highest BCUT2D eigenvalue weighted by Gasteiger charge is 2.43. The number of thioether (sulfide) groups is 1. The van der Waals surface area contributed by atoms with Gasteiger partial charge in [0, 0.05) is 23.8 Å². The third-order valence-electron chi connectivity index (χ3n) is 5.42. The Balaban J connectivity index is 1.31. The van der Waals surface area contributed by atoms with Crippen LogP contribution in [0.3, 0.4) is 0 Å². The Morgan fingerprint density at radius 3 is 2.80 bits per heavy atom. The van der Waals surface area contributed by atoms with Gasteiger partial charge in [0.15, 0.2) is 6.35 Å². The maximum absolute atomic E-state index is 12.7. The summed E-state index contributed by atoms with van der Waals surface area (Å²) in [6.07, 6.45) is 4.44. The molecule has 0 aromatic heterocycles. The fraction of sp³-hybridized carbons (Fsp3) is 0.933. The van der Waals surface area contributed by atoms with Gasteiger partial charge < -0.3 is 10.1 Å². The van der Waals surface area contributed by atoms with Crippen LogP contribution in [0.4, 0.5) is 0 Å². The summed E-state index contributed by atoms with van der Waals surface area (Å²) in [6.45, 7) is 0.723. The lowest BCUT2D eigenvalue weighted by Gasteiger charge is -2.26. The monoisotopic (exact) mass is 371 g/mol. The second-order valence-electron chi connectivity index (χ2n) is 7.45. The number of amides is 1. The van der Waals surface area contributed by atoms with Crippen molar-refractivity contribution in [3.8, 4) is 0 Å². The Kier molecular flexibility index (Phi) is 5.49. The second-order valence-corrected chi connectivity index (χ2v) is 8.80. The highest BCUT2D eigenvalue weighted by atomic mass is 32.2. The van der Waals surface area contributed by atoms with Crippen LogP contribution in [0.1, 0.15) is 25.7 Å². The average molecular weight is 372 g/mol. The molecule has 1 amide bonds. The molecule has 0 bridgehead atoms. The number of hydrogen-bond donors (Lipinski definition) is 6. The van der Waals surface area contributed by atoms with Crippen LogP contribution in [0, 0.1) is 5.92 Å². The minimum Gasteiger partial charge on any atom is -0.337 e. The zero-order valence-electron chi connectivity index (χ0n) is 14.7. The first-order chi connectivity index (χ1) is 12.1. The van der Waals surface area contributed by atoms with Crippen LogP contribution in [0.2, 0.25) is 0 Å². The molecule has 6 N–H and O–H groups in total. The first-order valence-electron chi connectivity index (χ1n) is 9.15. The van der Waals surface area contributed by atoms with Gasteiger partial charge in [-0.15, -0.1) is 11.8 Å². The molecule has 10 heteroatoms. The van der Waals surface area contributed by atoms with Crippen LogP contribution in [-0.4, -0.2) is 66.9 Å². The average Bonchev–Trinajstić information content (AvgIpc) is 3.32. The molecule has 0 aromatic rings. The van der Waals surface area contributed by atoms with Crippen LogP contribution in [0.25, 0.3) is 0 Å². The van der Waals surface area contributed by atoms with Gasteiger partial charge in [0.05, 0.1) is 0 Å². The van der Waals surface area contributed by atoms with E-state index in [0.29, 0.717) is 11.3 Å². The maximum atomic E-state index is 12.7. The standard InChI is InChI=1S/C15H29N7O2S/c1-22(2)15-21-20-13(24-15)8-7-16-19-11(8)18-12(23)14-17-9-5-3-4-6-10(9)25-14/h8-11,13-17,19-21H,3-7H2,1-2H3,(H,18,23). The van der Waals surface area contributed by atoms with Crippen LogP contribution in [0.5, 0.6) is 0 Å². The Labute approximate surface area is 152 Å². The predicted molar refractivity (Wildman–Crippen MR) is 95.7 cm³/mol. The van der Waals surface area contributed by atoms with Gasteiger partial charge in [-0.05, 0) is 26.9 Å². The smallest absolute Gasteiger partial charge is 0.248 e. The lowest BCUT2D eigenvalue weighted by atomic mass is 9.95. The molecule has 7 unspecified atom stereocenters.